The van der Waals surface area contributed by atoms with E-state index in [2.05, 4.69) is 4.98 Å². The molecule has 4 nitrogen and oxygen atoms in total. The molecule has 0 amide bonds. The molecule has 0 atom stereocenters. The summed E-state index contributed by atoms with van der Waals surface area (Å²) in [5.41, 5.74) is -0.982. The van der Waals surface area contributed by atoms with Crippen LogP contribution in [-0.4, -0.2) is 18.1 Å². The summed E-state index contributed by atoms with van der Waals surface area (Å²) in [6, 6.07) is 5.60. The third-order valence-corrected chi connectivity index (χ3v) is 2.46. The maximum absolute atomic E-state index is 12.6. The zero-order chi connectivity index (χ0) is 14.5. The van der Waals surface area contributed by atoms with Crippen molar-refractivity contribution in [1.82, 2.24) is 4.98 Å². The van der Waals surface area contributed by atoms with Gasteiger partial charge in [-0.15, -0.1) is 0 Å². The number of nitrogens with zero attached hydrogens (tertiary/aromatic N) is 4. The Labute approximate surface area is 108 Å². The first-order valence-electron chi connectivity index (χ1n) is 5.54. The SMILES string of the molecule is CCN(CCC#N)c1nc(C(F)(F)F)ccc1C#N. The Morgan fingerprint density at radius 3 is 2.47 bits per heavy atom. The molecule has 0 unspecified atom stereocenters. The van der Waals surface area contributed by atoms with E-state index in [0.717, 1.165) is 12.1 Å². The second-order valence-corrected chi connectivity index (χ2v) is 3.67. The minimum absolute atomic E-state index is 0.0323. The summed E-state index contributed by atoms with van der Waals surface area (Å²) in [6.07, 6.45) is -4.41. The first-order valence-corrected chi connectivity index (χ1v) is 5.54. The Morgan fingerprint density at radius 1 is 1.32 bits per heavy atom. The number of anilines is 1. The van der Waals surface area contributed by atoms with Crippen LogP contribution in [0, 0.1) is 22.7 Å². The van der Waals surface area contributed by atoms with Crippen molar-refractivity contribution in [3.63, 3.8) is 0 Å². The third-order valence-electron chi connectivity index (χ3n) is 2.46. The number of alkyl halides is 3. The van der Waals surface area contributed by atoms with Gasteiger partial charge in [-0.05, 0) is 19.1 Å². The van der Waals surface area contributed by atoms with E-state index >= 15 is 0 Å². The second kappa shape index (κ2) is 6.05. The van der Waals surface area contributed by atoms with Crippen LogP contribution in [0.3, 0.4) is 0 Å². The summed E-state index contributed by atoms with van der Waals surface area (Å²) in [6.45, 7) is 2.32. The van der Waals surface area contributed by atoms with Crippen molar-refractivity contribution in [2.24, 2.45) is 0 Å². The van der Waals surface area contributed by atoms with Crippen LogP contribution in [0.2, 0.25) is 0 Å². The third kappa shape index (κ3) is 3.59. The maximum Gasteiger partial charge on any atom is 0.433 e. The van der Waals surface area contributed by atoms with Crippen LogP contribution in [0.1, 0.15) is 24.6 Å². The fourth-order valence-electron chi connectivity index (χ4n) is 1.53. The van der Waals surface area contributed by atoms with Gasteiger partial charge < -0.3 is 4.90 Å². The van der Waals surface area contributed by atoms with Crippen LogP contribution in [0.5, 0.6) is 0 Å². The monoisotopic (exact) mass is 268 g/mol. The van der Waals surface area contributed by atoms with Crippen molar-refractivity contribution >= 4 is 5.82 Å². The minimum atomic E-state index is -4.56. The summed E-state index contributed by atoms with van der Waals surface area (Å²) in [5.74, 6) is -0.0323. The van der Waals surface area contributed by atoms with Crippen LogP contribution in [0.15, 0.2) is 12.1 Å². The molecular weight excluding hydrogens is 257 g/mol. The minimum Gasteiger partial charge on any atom is -0.355 e. The van der Waals surface area contributed by atoms with Gasteiger partial charge >= 0.3 is 6.18 Å². The quantitative estimate of drug-likeness (QED) is 0.842. The van der Waals surface area contributed by atoms with Crippen molar-refractivity contribution < 1.29 is 13.2 Å². The molecule has 19 heavy (non-hydrogen) atoms. The first kappa shape index (κ1) is 14.8. The zero-order valence-electron chi connectivity index (χ0n) is 10.2. The molecule has 1 aromatic rings. The molecule has 0 radical (unpaired) electrons. The average Bonchev–Trinajstić information content (AvgIpc) is 2.38. The van der Waals surface area contributed by atoms with Gasteiger partial charge in [-0.2, -0.15) is 23.7 Å². The molecule has 0 fully saturated rings. The summed E-state index contributed by atoms with van der Waals surface area (Å²) in [4.78, 5) is 4.99. The summed E-state index contributed by atoms with van der Waals surface area (Å²) in [7, 11) is 0. The fraction of sp³-hybridized carbons (Fsp3) is 0.417. The molecule has 0 spiro atoms. The van der Waals surface area contributed by atoms with Crippen molar-refractivity contribution in [2.45, 2.75) is 19.5 Å². The van der Waals surface area contributed by atoms with Crippen molar-refractivity contribution in [3.05, 3.63) is 23.4 Å². The zero-order valence-corrected chi connectivity index (χ0v) is 10.2. The van der Waals surface area contributed by atoms with E-state index in [1.807, 2.05) is 12.1 Å². The lowest BCUT2D eigenvalue weighted by Gasteiger charge is -2.22. The van der Waals surface area contributed by atoms with Crippen LogP contribution < -0.4 is 4.90 Å². The highest BCUT2D eigenvalue weighted by molar-refractivity contribution is 5.54. The lowest BCUT2D eigenvalue weighted by Crippen LogP contribution is -2.26. The van der Waals surface area contributed by atoms with E-state index in [9.17, 15) is 13.2 Å². The smallest absolute Gasteiger partial charge is 0.355 e. The first-order chi connectivity index (χ1) is 8.93. The number of aromatic nitrogens is 1. The number of pyridine rings is 1. The van der Waals surface area contributed by atoms with Gasteiger partial charge in [0.15, 0.2) is 0 Å². The molecule has 0 N–H and O–H groups in total. The van der Waals surface area contributed by atoms with E-state index in [1.54, 1.807) is 6.92 Å². The van der Waals surface area contributed by atoms with E-state index in [1.165, 1.54) is 4.90 Å². The van der Waals surface area contributed by atoms with Gasteiger partial charge in [0.05, 0.1) is 18.1 Å². The van der Waals surface area contributed by atoms with Gasteiger partial charge in [0, 0.05) is 13.1 Å². The average molecular weight is 268 g/mol. The van der Waals surface area contributed by atoms with Gasteiger partial charge in [-0.3, -0.25) is 0 Å². The normalized spacial score (nSPS) is 10.6. The van der Waals surface area contributed by atoms with Gasteiger partial charge in [-0.1, -0.05) is 0 Å². The Balaban J connectivity index is 3.22. The summed E-state index contributed by atoms with van der Waals surface area (Å²) < 4.78 is 37.8. The molecule has 0 aromatic carbocycles. The predicted molar refractivity (Wildman–Crippen MR) is 62.1 cm³/mol. The molecule has 0 saturated carbocycles. The molecule has 0 aliphatic carbocycles. The van der Waals surface area contributed by atoms with Crippen molar-refractivity contribution in [1.29, 1.82) is 10.5 Å². The predicted octanol–water partition coefficient (Wildman–Crippen LogP) is 2.71. The molecular formula is C12H11F3N4. The highest BCUT2D eigenvalue weighted by Crippen LogP contribution is 2.30. The molecule has 1 heterocycles. The summed E-state index contributed by atoms with van der Waals surface area (Å²) >= 11 is 0. The Morgan fingerprint density at radius 2 is 2.00 bits per heavy atom. The van der Waals surface area contributed by atoms with E-state index < -0.39 is 11.9 Å². The Kier molecular flexibility index (Phi) is 4.71. The highest BCUT2D eigenvalue weighted by Gasteiger charge is 2.33. The second-order valence-electron chi connectivity index (χ2n) is 3.67. The number of nitriles is 2. The van der Waals surface area contributed by atoms with Gasteiger partial charge in [0.2, 0.25) is 0 Å². The van der Waals surface area contributed by atoms with Crippen LogP contribution >= 0.6 is 0 Å². The van der Waals surface area contributed by atoms with E-state index in [0.29, 0.717) is 6.54 Å². The van der Waals surface area contributed by atoms with Crippen LogP contribution in [0.4, 0.5) is 19.0 Å². The molecule has 1 aromatic heterocycles. The maximum atomic E-state index is 12.6. The standard InChI is InChI=1S/C12H11F3N4/c1-2-19(7-3-6-16)11-9(8-17)4-5-10(18-11)12(13,14)15/h4-5H,2-3,7H2,1H3. The molecule has 100 valence electrons. The molecule has 0 aliphatic rings. The van der Waals surface area contributed by atoms with Gasteiger partial charge in [0.1, 0.15) is 17.6 Å². The number of rotatable bonds is 4. The molecule has 0 bridgehead atoms. The van der Waals surface area contributed by atoms with Gasteiger partial charge in [-0.25, -0.2) is 4.98 Å². The lowest BCUT2D eigenvalue weighted by molar-refractivity contribution is -0.141. The van der Waals surface area contributed by atoms with Gasteiger partial charge in [0.25, 0.3) is 0 Å². The molecule has 0 saturated heterocycles. The Bertz CT molecular complexity index is 525. The Hall–Kier alpha value is -2.28. The topological polar surface area (TPSA) is 63.7 Å². The highest BCUT2D eigenvalue weighted by atomic mass is 19.4. The number of halogens is 3. The summed E-state index contributed by atoms with van der Waals surface area (Å²) in [5, 5.41) is 17.4. The molecule has 1 rings (SSSR count). The number of hydrogen-bond acceptors (Lipinski definition) is 4. The fourth-order valence-corrected chi connectivity index (χ4v) is 1.53. The lowest BCUT2D eigenvalue weighted by atomic mass is 10.2. The van der Waals surface area contributed by atoms with Crippen molar-refractivity contribution in [2.75, 3.05) is 18.0 Å². The van der Waals surface area contributed by atoms with E-state index in [4.69, 9.17) is 10.5 Å². The van der Waals surface area contributed by atoms with E-state index in [-0.39, 0.29) is 24.3 Å². The molecule has 7 heteroatoms. The largest absolute Gasteiger partial charge is 0.433 e. The van der Waals surface area contributed by atoms with Crippen LogP contribution in [0.25, 0.3) is 0 Å². The number of hydrogen-bond donors (Lipinski definition) is 0. The van der Waals surface area contributed by atoms with Crippen molar-refractivity contribution in [3.8, 4) is 12.1 Å². The van der Waals surface area contributed by atoms with Crippen LogP contribution in [-0.2, 0) is 6.18 Å². The molecule has 0 aliphatic heterocycles.